The van der Waals surface area contributed by atoms with Gasteiger partial charge < -0.3 is 9.32 Å². The highest BCUT2D eigenvalue weighted by molar-refractivity contribution is 5.78. The van der Waals surface area contributed by atoms with Crippen LogP contribution in [0.2, 0.25) is 0 Å². The predicted octanol–water partition coefficient (Wildman–Crippen LogP) is 5.17. The van der Waals surface area contributed by atoms with Gasteiger partial charge in [-0.1, -0.05) is 18.2 Å². The molecule has 0 amide bonds. The van der Waals surface area contributed by atoms with Crippen LogP contribution in [-0.4, -0.2) is 31.6 Å². The van der Waals surface area contributed by atoms with E-state index in [0.717, 1.165) is 12.1 Å². The Balaban J connectivity index is 1.58. The van der Waals surface area contributed by atoms with Crippen LogP contribution >= 0.6 is 0 Å². The van der Waals surface area contributed by atoms with E-state index in [1.165, 1.54) is 53.7 Å². The molecule has 2 aromatic carbocycles. The van der Waals surface area contributed by atoms with E-state index in [1.807, 2.05) is 6.07 Å². The standard InChI is InChI=1S/C23H26N2O/c1-16-21-14-19(25-10-3-4-11-25)7-8-20(21)22(15-24(16)2)18-6-5-17-9-12-26-23(17)13-18/h5-9,12-14,16,22H,3-4,10-11,15H2,1-2H3. The van der Waals surface area contributed by atoms with Crippen molar-refractivity contribution >= 4 is 16.7 Å². The van der Waals surface area contributed by atoms with Crippen LogP contribution in [0.5, 0.6) is 0 Å². The average Bonchev–Trinajstić information content (AvgIpc) is 3.35. The lowest BCUT2D eigenvalue weighted by molar-refractivity contribution is 0.234. The van der Waals surface area contributed by atoms with Gasteiger partial charge >= 0.3 is 0 Å². The minimum Gasteiger partial charge on any atom is -0.464 e. The first kappa shape index (κ1) is 16.0. The number of hydrogen-bond acceptors (Lipinski definition) is 3. The molecule has 0 N–H and O–H groups in total. The zero-order valence-electron chi connectivity index (χ0n) is 15.6. The summed E-state index contributed by atoms with van der Waals surface area (Å²) in [4.78, 5) is 5.01. The Hall–Kier alpha value is -2.26. The van der Waals surface area contributed by atoms with Gasteiger partial charge in [-0.05, 0) is 67.8 Å². The van der Waals surface area contributed by atoms with Crippen molar-refractivity contribution in [2.45, 2.75) is 31.7 Å². The lowest BCUT2D eigenvalue weighted by Crippen LogP contribution is -2.34. The van der Waals surface area contributed by atoms with Crippen molar-refractivity contribution in [2.75, 3.05) is 31.6 Å². The lowest BCUT2D eigenvalue weighted by atomic mass is 9.81. The van der Waals surface area contributed by atoms with Crippen LogP contribution < -0.4 is 4.90 Å². The van der Waals surface area contributed by atoms with Crippen LogP contribution in [0.1, 0.15) is 48.4 Å². The highest BCUT2D eigenvalue weighted by Gasteiger charge is 2.30. The molecular formula is C23H26N2O. The molecular weight excluding hydrogens is 320 g/mol. The van der Waals surface area contributed by atoms with Crippen LogP contribution in [0.4, 0.5) is 5.69 Å². The molecule has 5 rings (SSSR count). The van der Waals surface area contributed by atoms with Crippen LogP contribution in [0, 0.1) is 0 Å². The molecule has 3 heteroatoms. The topological polar surface area (TPSA) is 19.6 Å². The summed E-state index contributed by atoms with van der Waals surface area (Å²) >= 11 is 0. The summed E-state index contributed by atoms with van der Waals surface area (Å²) in [6, 6.07) is 16.3. The lowest BCUT2D eigenvalue weighted by Gasteiger charge is -2.38. The molecule has 2 aliphatic heterocycles. The van der Waals surface area contributed by atoms with Crippen molar-refractivity contribution < 1.29 is 4.42 Å². The highest BCUT2D eigenvalue weighted by Crippen LogP contribution is 2.41. The van der Waals surface area contributed by atoms with Gasteiger partial charge in [-0.2, -0.15) is 0 Å². The molecule has 0 aliphatic carbocycles. The first-order chi connectivity index (χ1) is 12.7. The molecule has 134 valence electrons. The zero-order chi connectivity index (χ0) is 17.7. The van der Waals surface area contributed by atoms with Gasteiger partial charge in [-0.25, -0.2) is 0 Å². The van der Waals surface area contributed by atoms with Gasteiger partial charge in [-0.15, -0.1) is 0 Å². The normalized spacial score (nSPS) is 23.5. The Morgan fingerprint density at radius 3 is 2.65 bits per heavy atom. The van der Waals surface area contributed by atoms with E-state index >= 15 is 0 Å². The summed E-state index contributed by atoms with van der Waals surface area (Å²) in [5.41, 5.74) is 6.68. The molecule has 0 spiro atoms. The molecule has 2 aliphatic rings. The summed E-state index contributed by atoms with van der Waals surface area (Å²) in [7, 11) is 2.24. The summed E-state index contributed by atoms with van der Waals surface area (Å²) < 4.78 is 5.65. The molecule has 1 aromatic heterocycles. The Bertz CT molecular complexity index is 938. The monoisotopic (exact) mass is 346 g/mol. The summed E-state index contributed by atoms with van der Waals surface area (Å²) in [6.07, 6.45) is 4.41. The van der Waals surface area contributed by atoms with Gasteiger partial charge in [0.1, 0.15) is 5.58 Å². The fraction of sp³-hybridized carbons (Fsp3) is 0.391. The molecule has 1 fully saturated rings. The largest absolute Gasteiger partial charge is 0.464 e. The van der Waals surface area contributed by atoms with E-state index in [-0.39, 0.29) is 0 Å². The van der Waals surface area contributed by atoms with Gasteiger partial charge in [-0.3, -0.25) is 4.90 Å². The maximum absolute atomic E-state index is 5.65. The Kier molecular flexibility index (Phi) is 3.79. The molecule has 2 atom stereocenters. The third-order valence-electron chi connectivity index (χ3n) is 6.38. The van der Waals surface area contributed by atoms with Crippen molar-refractivity contribution in [2.24, 2.45) is 0 Å². The fourth-order valence-electron chi connectivity index (χ4n) is 4.67. The van der Waals surface area contributed by atoms with Crippen LogP contribution in [0.15, 0.2) is 53.1 Å². The Labute approximate surface area is 155 Å². The van der Waals surface area contributed by atoms with Crippen molar-refractivity contribution in [3.05, 3.63) is 65.4 Å². The van der Waals surface area contributed by atoms with E-state index in [9.17, 15) is 0 Å². The number of fused-ring (bicyclic) bond motifs is 2. The third-order valence-corrected chi connectivity index (χ3v) is 6.38. The number of furan rings is 1. The van der Waals surface area contributed by atoms with E-state index in [4.69, 9.17) is 4.42 Å². The number of benzene rings is 2. The van der Waals surface area contributed by atoms with E-state index in [2.05, 4.69) is 60.2 Å². The molecule has 3 nitrogen and oxygen atoms in total. The average molecular weight is 346 g/mol. The number of nitrogens with zero attached hydrogens (tertiary/aromatic N) is 2. The van der Waals surface area contributed by atoms with Gasteiger partial charge in [0, 0.05) is 42.7 Å². The molecule has 1 saturated heterocycles. The van der Waals surface area contributed by atoms with Crippen molar-refractivity contribution in [3.8, 4) is 0 Å². The van der Waals surface area contributed by atoms with Crippen molar-refractivity contribution in [1.82, 2.24) is 4.90 Å². The highest BCUT2D eigenvalue weighted by atomic mass is 16.3. The molecule has 0 saturated carbocycles. The van der Waals surface area contributed by atoms with Gasteiger partial charge in [0.25, 0.3) is 0 Å². The fourth-order valence-corrected chi connectivity index (χ4v) is 4.67. The molecule has 0 bridgehead atoms. The summed E-state index contributed by atoms with van der Waals surface area (Å²) in [6.45, 7) is 5.77. The van der Waals surface area contributed by atoms with Crippen LogP contribution in [-0.2, 0) is 0 Å². The second kappa shape index (κ2) is 6.17. The molecule has 0 radical (unpaired) electrons. The second-order valence-electron chi connectivity index (χ2n) is 7.89. The van der Waals surface area contributed by atoms with E-state index in [0.29, 0.717) is 12.0 Å². The van der Waals surface area contributed by atoms with Gasteiger partial charge in [0.2, 0.25) is 0 Å². The smallest absolute Gasteiger partial charge is 0.134 e. The summed E-state index contributed by atoms with van der Waals surface area (Å²) in [5, 5.41) is 1.18. The van der Waals surface area contributed by atoms with E-state index < -0.39 is 0 Å². The van der Waals surface area contributed by atoms with Crippen LogP contribution in [0.25, 0.3) is 11.0 Å². The van der Waals surface area contributed by atoms with Gasteiger partial charge in [0.15, 0.2) is 0 Å². The predicted molar refractivity (Wildman–Crippen MR) is 107 cm³/mol. The first-order valence-corrected chi connectivity index (χ1v) is 9.77. The Morgan fingerprint density at radius 1 is 0.962 bits per heavy atom. The number of anilines is 1. The molecule has 2 unspecified atom stereocenters. The SMILES string of the molecule is CC1c2cc(N3CCCC3)ccc2C(c2ccc3ccoc3c2)CN1C. The minimum absolute atomic E-state index is 0.397. The number of hydrogen-bond donors (Lipinski definition) is 0. The van der Waals surface area contributed by atoms with Crippen molar-refractivity contribution in [1.29, 1.82) is 0 Å². The first-order valence-electron chi connectivity index (χ1n) is 9.77. The summed E-state index contributed by atoms with van der Waals surface area (Å²) in [5.74, 6) is 0.397. The molecule has 3 heterocycles. The quantitative estimate of drug-likeness (QED) is 0.638. The van der Waals surface area contributed by atoms with E-state index in [1.54, 1.807) is 6.26 Å². The minimum atomic E-state index is 0.397. The number of likely N-dealkylation sites (N-methyl/N-ethyl adjacent to an activating group) is 1. The zero-order valence-corrected chi connectivity index (χ0v) is 15.6. The van der Waals surface area contributed by atoms with Gasteiger partial charge in [0.05, 0.1) is 6.26 Å². The Morgan fingerprint density at radius 2 is 1.81 bits per heavy atom. The molecule has 3 aromatic rings. The third kappa shape index (κ3) is 2.53. The maximum Gasteiger partial charge on any atom is 0.134 e. The van der Waals surface area contributed by atoms with Crippen molar-refractivity contribution in [3.63, 3.8) is 0 Å². The molecule has 26 heavy (non-hydrogen) atoms. The van der Waals surface area contributed by atoms with Crippen LogP contribution in [0.3, 0.4) is 0 Å². The second-order valence-corrected chi connectivity index (χ2v) is 7.89. The number of rotatable bonds is 2. The maximum atomic E-state index is 5.65.